The number of tetrazole rings is 1. The Bertz CT molecular complexity index is 645. The van der Waals surface area contributed by atoms with Gasteiger partial charge in [0.2, 0.25) is 0 Å². The van der Waals surface area contributed by atoms with E-state index >= 15 is 0 Å². The van der Waals surface area contributed by atoms with E-state index in [2.05, 4.69) is 46.0 Å². The summed E-state index contributed by atoms with van der Waals surface area (Å²) >= 11 is 3.35. The van der Waals surface area contributed by atoms with Gasteiger partial charge < -0.3 is 4.74 Å². The van der Waals surface area contributed by atoms with Gasteiger partial charge in [0, 0.05) is 19.2 Å². The standard InChI is InChI=1S/C13H19BrN4O2Si/c1-21(2,3)9-8-20-10-17-13(19)18(16-15-17)12-6-4-11(14)5-7-12/h4-7H,8-10H2,1-3H3. The van der Waals surface area contributed by atoms with Crippen LogP contribution in [0.4, 0.5) is 0 Å². The maximum Gasteiger partial charge on any atom is 0.370 e. The number of aromatic nitrogens is 4. The number of ether oxygens (including phenoxy) is 1. The van der Waals surface area contributed by atoms with Crippen molar-refractivity contribution in [2.24, 2.45) is 0 Å². The largest absolute Gasteiger partial charge is 0.370 e. The van der Waals surface area contributed by atoms with E-state index in [9.17, 15) is 4.79 Å². The molecule has 21 heavy (non-hydrogen) atoms. The number of hydrogen-bond donors (Lipinski definition) is 0. The number of benzene rings is 1. The van der Waals surface area contributed by atoms with E-state index in [-0.39, 0.29) is 12.4 Å². The maximum atomic E-state index is 12.2. The smallest absolute Gasteiger partial charge is 0.359 e. The van der Waals surface area contributed by atoms with Crippen molar-refractivity contribution >= 4 is 24.0 Å². The summed E-state index contributed by atoms with van der Waals surface area (Å²) in [5.41, 5.74) is 0.377. The van der Waals surface area contributed by atoms with Crippen LogP contribution in [0.3, 0.4) is 0 Å². The van der Waals surface area contributed by atoms with Crippen LogP contribution in [0.2, 0.25) is 25.7 Å². The molecule has 0 bridgehead atoms. The molecule has 0 radical (unpaired) electrons. The molecule has 0 aliphatic rings. The zero-order valence-electron chi connectivity index (χ0n) is 12.4. The van der Waals surface area contributed by atoms with Crippen molar-refractivity contribution in [3.05, 3.63) is 39.2 Å². The minimum absolute atomic E-state index is 0.139. The molecule has 1 heterocycles. The van der Waals surface area contributed by atoms with Crippen LogP contribution < -0.4 is 5.69 Å². The van der Waals surface area contributed by atoms with E-state index in [4.69, 9.17) is 4.74 Å². The molecule has 0 amide bonds. The highest BCUT2D eigenvalue weighted by Crippen LogP contribution is 2.11. The highest BCUT2D eigenvalue weighted by Gasteiger charge is 2.13. The van der Waals surface area contributed by atoms with Gasteiger partial charge >= 0.3 is 5.69 Å². The molecule has 0 saturated heterocycles. The summed E-state index contributed by atoms with van der Waals surface area (Å²) in [6.07, 6.45) is 0. The van der Waals surface area contributed by atoms with Crippen molar-refractivity contribution in [3.63, 3.8) is 0 Å². The molecule has 6 nitrogen and oxygen atoms in total. The molecule has 1 aromatic heterocycles. The fourth-order valence-electron chi connectivity index (χ4n) is 1.63. The monoisotopic (exact) mass is 370 g/mol. The number of nitrogens with zero attached hydrogens (tertiary/aromatic N) is 4. The van der Waals surface area contributed by atoms with E-state index in [1.165, 1.54) is 9.36 Å². The molecule has 114 valence electrons. The molecule has 8 heteroatoms. The number of rotatable bonds is 6. The van der Waals surface area contributed by atoms with Crippen LogP contribution in [0.5, 0.6) is 0 Å². The zero-order chi connectivity index (χ0) is 15.5. The lowest BCUT2D eigenvalue weighted by Gasteiger charge is -2.14. The van der Waals surface area contributed by atoms with Crippen molar-refractivity contribution < 1.29 is 4.74 Å². The SMILES string of the molecule is C[Si](C)(C)CCOCn1nnn(-c2ccc(Br)cc2)c1=O. The second-order valence-electron chi connectivity index (χ2n) is 6.00. The normalized spacial score (nSPS) is 11.8. The molecule has 1 aromatic carbocycles. The number of halogens is 1. The van der Waals surface area contributed by atoms with Crippen molar-refractivity contribution in [1.29, 1.82) is 0 Å². The molecule has 0 atom stereocenters. The first-order chi connectivity index (χ1) is 9.87. The Kier molecular flexibility index (Phi) is 5.12. The third-order valence-electron chi connectivity index (χ3n) is 2.92. The molecule has 2 aromatic rings. The van der Waals surface area contributed by atoms with Crippen LogP contribution in [0.25, 0.3) is 5.69 Å². The van der Waals surface area contributed by atoms with Gasteiger partial charge in [0.05, 0.1) is 5.69 Å². The summed E-state index contributed by atoms with van der Waals surface area (Å²) in [4.78, 5) is 12.2. The first-order valence-corrected chi connectivity index (χ1v) is 11.2. The van der Waals surface area contributed by atoms with E-state index in [1.54, 1.807) is 12.1 Å². The quantitative estimate of drug-likeness (QED) is 0.578. The molecular weight excluding hydrogens is 352 g/mol. The van der Waals surface area contributed by atoms with Gasteiger partial charge in [-0.3, -0.25) is 0 Å². The summed E-state index contributed by atoms with van der Waals surface area (Å²) in [5.74, 6) is 0. The average Bonchev–Trinajstić information content (AvgIpc) is 2.76. The van der Waals surface area contributed by atoms with Crippen LogP contribution in [0.1, 0.15) is 0 Å². The highest BCUT2D eigenvalue weighted by molar-refractivity contribution is 9.10. The van der Waals surface area contributed by atoms with Gasteiger partial charge in [0.25, 0.3) is 0 Å². The van der Waals surface area contributed by atoms with Crippen LogP contribution in [-0.2, 0) is 11.5 Å². The van der Waals surface area contributed by atoms with Gasteiger partial charge in [-0.2, -0.15) is 9.36 Å². The Balaban J connectivity index is 2.01. The molecule has 0 saturated carbocycles. The molecule has 0 aliphatic carbocycles. The lowest BCUT2D eigenvalue weighted by molar-refractivity contribution is 0.0748. The van der Waals surface area contributed by atoms with E-state index < -0.39 is 8.07 Å². The molecule has 0 fully saturated rings. The van der Waals surface area contributed by atoms with Gasteiger partial charge in [-0.15, -0.1) is 0 Å². The molecule has 0 N–H and O–H groups in total. The Hall–Kier alpha value is -1.25. The van der Waals surface area contributed by atoms with Crippen LogP contribution >= 0.6 is 15.9 Å². The molecule has 2 rings (SSSR count). The summed E-state index contributed by atoms with van der Waals surface area (Å²) in [6.45, 7) is 7.64. The van der Waals surface area contributed by atoms with Gasteiger partial charge in [-0.25, -0.2) is 4.79 Å². The second kappa shape index (κ2) is 6.67. The minimum atomic E-state index is -1.12. The lowest BCUT2D eigenvalue weighted by Crippen LogP contribution is -2.26. The van der Waals surface area contributed by atoms with Gasteiger partial charge in [-0.05, 0) is 40.7 Å². The second-order valence-corrected chi connectivity index (χ2v) is 12.5. The minimum Gasteiger partial charge on any atom is -0.359 e. The Labute approximate surface area is 132 Å². The number of hydrogen-bond acceptors (Lipinski definition) is 4. The third kappa shape index (κ3) is 4.62. The topological polar surface area (TPSA) is 61.9 Å². The summed E-state index contributed by atoms with van der Waals surface area (Å²) < 4.78 is 8.95. The first-order valence-electron chi connectivity index (χ1n) is 6.73. The predicted octanol–water partition coefficient (Wildman–Crippen LogP) is 2.50. The molecule has 0 unspecified atom stereocenters. The fourth-order valence-corrected chi connectivity index (χ4v) is 2.65. The molecule has 0 aliphatic heterocycles. The molecular formula is C13H19BrN4O2Si. The first kappa shape index (κ1) is 16.1. The van der Waals surface area contributed by atoms with E-state index in [0.29, 0.717) is 12.3 Å². The highest BCUT2D eigenvalue weighted by atomic mass is 79.9. The van der Waals surface area contributed by atoms with Crippen molar-refractivity contribution in [3.8, 4) is 5.69 Å². The Morgan fingerprint density at radius 3 is 2.48 bits per heavy atom. The predicted molar refractivity (Wildman–Crippen MR) is 87.4 cm³/mol. The van der Waals surface area contributed by atoms with Crippen LogP contribution in [0.15, 0.2) is 33.5 Å². The van der Waals surface area contributed by atoms with Crippen LogP contribution in [0, 0.1) is 0 Å². The van der Waals surface area contributed by atoms with Crippen molar-refractivity contribution in [2.75, 3.05) is 6.61 Å². The summed E-state index contributed by atoms with van der Waals surface area (Å²) in [6, 6.07) is 8.37. The van der Waals surface area contributed by atoms with Gasteiger partial charge in [0.1, 0.15) is 6.73 Å². The zero-order valence-corrected chi connectivity index (χ0v) is 15.0. The molecule has 0 spiro atoms. The fraction of sp³-hybridized carbons (Fsp3) is 0.462. The van der Waals surface area contributed by atoms with Crippen LogP contribution in [-0.4, -0.2) is 34.5 Å². The Morgan fingerprint density at radius 1 is 1.19 bits per heavy atom. The van der Waals surface area contributed by atoms with E-state index in [1.807, 2.05) is 12.1 Å². The lowest BCUT2D eigenvalue weighted by atomic mass is 10.3. The van der Waals surface area contributed by atoms with Gasteiger partial charge in [0.15, 0.2) is 0 Å². The van der Waals surface area contributed by atoms with Crippen molar-refractivity contribution in [2.45, 2.75) is 32.4 Å². The van der Waals surface area contributed by atoms with Crippen molar-refractivity contribution in [1.82, 2.24) is 19.8 Å². The Morgan fingerprint density at radius 2 is 1.86 bits per heavy atom. The summed E-state index contributed by atoms with van der Waals surface area (Å²) in [5, 5.41) is 7.71. The average molecular weight is 371 g/mol. The van der Waals surface area contributed by atoms with E-state index in [0.717, 1.165) is 10.5 Å². The maximum absolute atomic E-state index is 12.2. The summed E-state index contributed by atoms with van der Waals surface area (Å²) in [7, 11) is -1.12. The third-order valence-corrected chi connectivity index (χ3v) is 5.15. The van der Waals surface area contributed by atoms with Gasteiger partial charge in [-0.1, -0.05) is 35.6 Å².